The van der Waals surface area contributed by atoms with Crippen molar-refractivity contribution in [3.63, 3.8) is 0 Å². The fourth-order valence-electron chi connectivity index (χ4n) is 13.2. The van der Waals surface area contributed by atoms with Crippen LogP contribution < -0.4 is 10.6 Å². The molecular formula is C62H61N5O. The first-order chi connectivity index (χ1) is 33.7. The average Bonchev–Trinajstić information content (AvgIpc) is 4.12. The van der Waals surface area contributed by atoms with Gasteiger partial charge in [0.25, 0.3) is 0 Å². The molecule has 0 saturated carbocycles. The van der Waals surface area contributed by atoms with Crippen LogP contribution in [0.15, 0.2) is 139 Å². The van der Waals surface area contributed by atoms with E-state index in [-0.39, 0.29) is 41.8 Å². The first kappa shape index (κ1) is 41.8. The number of rotatable bonds is 8. The van der Waals surface area contributed by atoms with Crippen molar-refractivity contribution in [1.82, 2.24) is 24.5 Å². The van der Waals surface area contributed by atoms with Crippen LogP contribution in [0.4, 0.5) is 0 Å². The van der Waals surface area contributed by atoms with E-state index in [1.54, 1.807) is 5.57 Å². The van der Waals surface area contributed by atoms with Crippen molar-refractivity contribution < 1.29 is 4.74 Å². The number of aromatic amines is 1. The van der Waals surface area contributed by atoms with E-state index in [1.807, 2.05) is 0 Å². The minimum atomic E-state index is -0.00603. The molecule has 1 saturated heterocycles. The van der Waals surface area contributed by atoms with Crippen molar-refractivity contribution in [3.8, 4) is 11.4 Å². The van der Waals surface area contributed by atoms with Crippen LogP contribution in [0.25, 0.3) is 52.0 Å². The number of ether oxygens (including phenoxy) is 1. The average molecular weight is 892 g/mol. The van der Waals surface area contributed by atoms with E-state index in [0.717, 1.165) is 92.9 Å². The summed E-state index contributed by atoms with van der Waals surface area (Å²) in [4.78, 5) is 20.5. The highest BCUT2D eigenvalue weighted by molar-refractivity contribution is 5.83. The highest BCUT2D eigenvalue weighted by Crippen LogP contribution is 2.55. The van der Waals surface area contributed by atoms with E-state index in [2.05, 4.69) is 168 Å². The molecule has 13 rings (SSSR count). The molecule has 0 radical (unpaired) electrons. The van der Waals surface area contributed by atoms with Crippen LogP contribution in [-0.2, 0) is 4.74 Å². The molecule has 8 aliphatic carbocycles. The van der Waals surface area contributed by atoms with Gasteiger partial charge in [0.2, 0.25) is 0 Å². The minimum absolute atomic E-state index is 0.00603. The lowest BCUT2D eigenvalue weighted by molar-refractivity contribution is 0.0553. The molecule has 1 fully saturated rings. The largest absolute Gasteiger partial charge is 0.370 e. The van der Waals surface area contributed by atoms with Gasteiger partial charge >= 0.3 is 0 Å². The summed E-state index contributed by atoms with van der Waals surface area (Å²) in [6.45, 7) is 2.47. The fraction of sp³-hybridized carbons (Fsp3) is 0.339. The summed E-state index contributed by atoms with van der Waals surface area (Å²) < 4.78 is 9.93. The number of hydrogen-bond acceptors (Lipinski definition) is 4. The van der Waals surface area contributed by atoms with Gasteiger partial charge in [-0.3, -0.25) is 0 Å². The van der Waals surface area contributed by atoms with E-state index >= 15 is 0 Å². The lowest BCUT2D eigenvalue weighted by Gasteiger charge is -2.34. The molecule has 68 heavy (non-hydrogen) atoms. The van der Waals surface area contributed by atoms with Crippen LogP contribution in [0, 0.1) is 17.8 Å². The number of H-pyrrole nitrogens is 1. The molecule has 6 nitrogen and oxygen atoms in total. The second-order valence-corrected chi connectivity index (χ2v) is 20.4. The number of hydrogen-bond donors (Lipinski definition) is 1. The van der Waals surface area contributed by atoms with Crippen LogP contribution in [0.2, 0.25) is 0 Å². The van der Waals surface area contributed by atoms with Gasteiger partial charge in [0.1, 0.15) is 5.82 Å². The summed E-state index contributed by atoms with van der Waals surface area (Å²) in [5.41, 5.74) is 14.4. The van der Waals surface area contributed by atoms with Crippen molar-refractivity contribution in [2.75, 3.05) is 0 Å². The number of aromatic nitrogens is 5. The summed E-state index contributed by atoms with van der Waals surface area (Å²) >= 11 is 0. The SMILES string of the molecule is CC1C(C2C=CCCC2)=C(c2ccccc2)C=CC1c1cc(-c2nc(C3=CC=CCC3)nc(C3C=CC=CC3)n2)c(C2=CCCC3OC4C=Cc5c(n(C6=CC=CCC6)c6c5=CCCC=6)C4C23)[nH]1. The number of nitrogens with zero attached hydrogens (tertiary/aromatic N) is 4. The van der Waals surface area contributed by atoms with Gasteiger partial charge in [-0.1, -0.05) is 152 Å². The van der Waals surface area contributed by atoms with E-state index < -0.39 is 0 Å². The number of allylic oxidation sites excluding steroid dienone is 19. The van der Waals surface area contributed by atoms with Gasteiger partial charge in [0.05, 0.1) is 17.9 Å². The molecule has 0 spiro atoms. The van der Waals surface area contributed by atoms with Gasteiger partial charge in [0.15, 0.2) is 11.6 Å². The molecule has 0 amide bonds. The lowest BCUT2D eigenvalue weighted by Crippen LogP contribution is -2.32. The predicted octanol–water partition coefficient (Wildman–Crippen LogP) is 13.0. The van der Waals surface area contributed by atoms with Crippen LogP contribution in [-0.4, -0.2) is 36.7 Å². The Bertz CT molecular complexity index is 3170. The predicted molar refractivity (Wildman–Crippen MR) is 278 cm³/mol. The molecule has 3 aromatic heterocycles. The lowest BCUT2D eigenvalue weighted by atomic mass is 9.70. The molecule has 8 unspecified atom stereocenters. The molecule has 4 heterocycles. The van der Waals surface area contributed by atoms with Gasteiger partial charge in [-0.25, -0.2) is 15.0 Å². The Labute approximate surface area is 400 Å². The number of nitrogens with one attached hydrogen (secondary N) is 1. The van der Waals surface area contributed by atoms with Crippen LogP contribution in [0.3, 0.4) is 0 Å². The molecular weight excluding hydrogens is 831 g/mol. The Balaban J connectivity index is 0.997. The van der Waals surface area contributed by atoms with E-state index in [0.29, 0.717) is 5.92 Å². The van der Waals surface area contributed by atoms with Gasteiger partial charge in [-0.2, -0.15) is 0 Å². The zero-order valence-corrected chi connectivity index (χ0v) is 39.2. The second kappa shape index (κ2) is 17.6. The molecule has 1 N–H and O–H groups in total. The molecule has 4 aromatic rings. The summed E-state index contributed by atoms with van der Waals surface area (Å²) in [6.07, 6.45) is 57.1. The Morgan fingerprint density at radius 1 is 0.721 bits per heavy atom. The third-order valence-electron chi connectivity index (χ3n) is 16.4. The quantitative estimate of drug-likeness (QED) is 0.179. The van der Waals surface area contributed by atoms with E-state index in [1.165, 1.54) is 68.3 Å². The smallest absolute Gasteiger partial charge is 0.165 e. The van der Waals surface area contributed by atoms with Gasteiger partial charge in [0, 0.05) is 62.5 Å². The van der Waals surface area contributed by atoms with E-state index in [9.17, 15) is 0 Å². The van der Waals surface area contributed by atoms with Crippen molar-refractivity contribution in [2.45, 2.75) is 114 Å². The van der Waals surface area contributed by atoms with Gasteiger partial charge in [-0.05, 0) is 123 Å². The zero-order chi connectivity index (χ0) is 45.1. The molecule has 6 heteroatoms. The monoisotopic (exact) mass is 891 g/mol. The van der Waals surface area contributed by atoms with E-state index in [4.69, 9.17) is 19.7 Å². The molecule has 1 aromatic carbocycles. The maximum Gasteiger partial charge on any atom is 0.165 e. The molecule has 340 valence electrons. The van der Waals surface area contributed by atoms with Crippen LogP contribution in [0.5, 0.6) is 0 Å². The Hall–Kier alpha value is -6.37. The maximum atomic E-state index is 7.27. The standard InChI is InChI=1S/C62H61N5O/c1-39-45(34-35-46(40-20-7-2-8-21-40)55(39)41-22-9-3-10-23-41)51-38-50(62-65-60(42-24-11-4-12-25-42)64-61(66-62)43-26-13-5-14-27-43)58(63-51)49-31-19-33-53-56(49)57-54(68-53)37-36-48-47-30-17-18-32-52(47)67(59(48)57)44-28-15-6-16-29-44/h2,4-9,11-13,15,20-22,24,26,28,30-32,34-39,41-42,45,53-54,56-57,63H,3,10,14,16-19,23,25,27,29,33H2,1H3. The molecule has 1 aliphatic heterocycles. The fourth-order valence-corrected chi connectivity index (χ4v) is 13.2. The number of fused-ring (bicyclic) bond motifs is 7. The Morgan fingerprint density at radius 3 is 2.43 bits per heavy atom. The van der Waals surface area contributed by atoms with Crippen molar-refractivity contribution in [1.29, 1.82) is 0 Å². The van der Waals surface area contributed by atoms with Gasteiger partial charge in [-0.15, -0.1) is 0 Å². The summed E-state index contributed by atoms with van der Waals surface area (Å²) in [6, 6.07) is 13.5. The maximum absolute atomic E-state index is 7.27. The third-order valence-corrected chi connectivity index (χ3v) is 16.4. The van der Waals surface area contributed by atoms with Crippen molar-refractivity contribution in [2.24, 2.45) is 17.8 Å². The first-order valence-electron chi connectivity index (χ1n) is 25.8. The van der Waals surface area contributed by atoms with Crippen LogP contribution >= 0.6 is 0 Å². The molecule has 0 bridgehead atoms. The molecule has 9 aliphatic rings. The Morgan fingerprint density at radius 2 is 1.60 bits per heavy atom. The summed E-state index contributed by atoms with van der Waals surface area (Å²) in [5, 5.41) is 2.77. The van der Waals surface area contributed by atoms with Gasteiger partial charge < -0.3 is 14.3 Å². The molecule has 8 atom stereocenters. The summed E-state index contributed by atoms with van der Waals surface area (Å²) in [7, 11) is 0. The highest BCUT2D eigenvalue weighted by atomic mass is 16.5. The number of benzene rings is 1. The van der Waals surface area contributed by atoms with Crippen molar-refractivity contribution >= 4 is 40.6 Å². The van der Waals surface area contributed by atoms with Crippen LogP contribution in [0.1, 0.15) is 142 Å². The Kier molecular flexibility index (Phi) is 10.8. The highest BCUT2D eigenvalue weighted by Gasteiger charge is 2.51. The zero-order valence-electron chi connectivity index (χ0n) is 39.2. The minimum Gasteiger partial charge on any atom is -0.370 e. The normalized spacial score (nSPS) is 28.8. The third kappa shape index (κ3) is 7.21. The summed E-state index contributed by atoms with van der Waals surface area (Å²) in [5.74, 6) is 3.59. The topological polar surface area (TPSA) is 68.6 Å². The first-order valence-corrected chi connectivity index (χ1v) is 25.8. The second-order valence-electron chi connectivity index (χ2n) is 20.4. The van der Waals surface area contributed by atoms with Crippen molar-refractivity contribution in [3.05, 3.63) is 190 Å².